The highest BCUT2D eigenvalue weighted by molar-refractivity contribution is 9.10. The Morgan fingerprint density at radius 1 is 1.22 bits per heavy atom. The van der Waals surface area contributed by atoms with E-state index in [9.17, 15) is 0 Å². The molecule has 0 atom stereocenters. The highest BCUT2D eigenvalue weighted by atomic mass is 79.9. The second kappa shape index (κ2) is 4.78. The van der Waals surface area contributed by atoms with Gasteiger partial charge in [-0.2, -0.15) is 5.10 Å². The van der Waals surface area contributed by atoms with Crippen LogP contribution in [0.2, 0.25) is 0 Å². The van der Waals surface area contributed by atoms with Crippen LogP contribution in [0.4, 0.5) is 5.69 Å². The number of rotatable bonds is 3. The molecule has 0 spiro atoms. The molecule has 0 saturated carbocycles. The standard InChI is InChI=1S/C13H11BrN4/c14-13-11(4-3-6-15-13)16-8-10-9-17-18-7-2-1-5-12(10)18/h1-7,9,16H,8H2. The lowest BCUT2D eigenvalue weighted by molar-refractivity contribution is 0.961. The van der Waals surface area contributed by atoms with Gasteiger partial charge in [-0.3, -0.25) is 0 Å². The summed E-state index contributed by atoms with van der Waals surface area (Å²) in [6, 6.07) is 9.93. The number of aromatic nitrogens is 3. The molecule has 0 unspecified atom stereocenters. The van der Waals surface area contributed by atoms with Crippen molar-refractivity contribution >= 4 is 27.1 Å². The summed E-state index contributed by atoms with van der Waals surface area (Å²) in [7, 11) is 0. The minimum absolute atomic E-state index is 0.720. The number of nitrogens with zero attached hydrogens (tertiary/aromatic N) is 3. The number of halogens is 1. The molecule has 90 valence electrons. The number of nitrogens with one attached hydrogen (secondary N) is 1. The molecule has 0 aliphatic heterocycles. The summed E-state index contributed by atoms with van der Waals surface area (Å²) in [5.41, 5.74) is 3.25. The molecule has 0 aromatic carbocycles. The summed E-state index contributed by atoms with van der Waals surface area (Å²) in [6.07, 6.45) is 5.58. The molecule has 3 rings (SSSR count). The van der Waals surface area contributed by atoms with E-state index in [1.54, 1.807) is 6.20 Å². The van der Waals surface area contributed by atoms with Gasteiger partial charge in [-0.15, -0.1) is 0 Å². The first-order chi connectivity index (χ1) is 8.84. The summed E-state index contributed by atoms with van der Waals surface area (Å²) >= 11 is 3.42. The van der Waals surface area contributed by atoms with Crippen molar-refractivity contribution in [2.45, 2.75) is 6.54 Å². The van der Waals surface area contributed by atoms with Crippen molar-refractivity contribution in [2.24, 2.45) is 0 Å². The van der Waals surface area contributed by atoms with Gasteiger partial charge >= 0.3 is 0 Å². The Hall–Kier alpha value is -1.88. The van der Waals surface area contributed by atoms with Gasteiger partial charge in [-0.05, 0) is 40.2 Å². The zero-order valence-electron chi connectivity index (χ0n) is 9.55. The largest absolute Gasteiger partial charge is 0.379 e. The number of fused-ring (bicyclic) bond motifs is 1. The van der Waals surface area contributed by atoms with Crippen LogP contribution in [-0.4, -0.2) is 14.6 Å². The Balaban J connectivity index is 1.83. The van der Waals surface area contributed by atoms with E-state index in [0.717, 1.165) is 27.9 Å². The van der Waals surface area contributed by atoms with Gasteiger partial charge in [0.25, 0.3) is 0 Å². The van der Waals surface area contributed by atoms with E-state index < -0.39 is 0 Å². The van der Waals surface area contributed by atoms with Crippen molar-refractivity contribution in [3.63, 3.8) is 0 Å². The normalized spacial score (nSPS) is 10.7. The monoisotopic (exact) mass is 302 g/mol. The molecule has 3 aromatic heterocycles. The van der Waals surface area contributed by atoms with Crippen molar-refractivity contribution in [1.82, 2.24) is 14.6 Å². The summed E-state index contributed by atoms with van der Waals surface area (Å²) < 4.78 is 2.69. The lowest BCUT2D eigenvalue weighted by Gasteiger charge is -2.06. The van der Waals surface area contributed by atoms with Gasteiger partial charge in [0.05, 0.1) is 17.4 Å². The summed E-state index contributed by atoms with van der Waals surface area (Å²) in [6.45, 7) is 0.720. The molecule has 1 N–H and O–H groups in total. The van der Waals surface area contributed by atoms with Gasteiger partial charge < -0.3 is 5.32 Å². The lowest BCUT2D eigenvalue weighted by Crippen LogP contribution is -2.00. The Labute approximate surface area is 113 Å². The van der Waals surface area contributed by atoms with E-state index in [-0.39, 0.29) is 0 Å². The van der Waals surface area contributed by atoms with Crippen molar-refractivity contribution in [2.75, 3.05) is 5.32 Å². The van der Waals surface area contributed by atoms with E-state index >= 15 is 0 Å². The van der Waals surface area contributed by atoms with Crippen molar-refractivity contribution in [3.8, 4) is 0 Å². The highest BCUT2D eigenvalue weighted by Crippen LogP contribution is 2.20. The summed E-state index contributed by atoms with van der Waals surface area (Å²) in [5.74, 6) is 0. The van der Waals surface area contributed by atoms with Gasteiger partial charge in [0, 0.05) is 24.5 Å². The lowest BCUT2D eigenvalue weighted by atomic mass is 10.2. The van der Waals surface area contributed by atoms with E-state index in [2.05, 4.69) is 37.4 Å². The topological polar surface area (TPSA) is 42.2 Å². The molecule has 0 radical (unpaired) electrons. The second-order valence-corrected chi connectivity index (χ2v) is 4.65. The molecule has 18 heavy (non-hydrogen) atoms. The van der Waals surface area contributed by atoms with Gasteiger partial charge in [-0.25, -0.2) is 9.50 Å². The van der Waals surface area contributed by atoms with Crippen LogP contribution < -0.4 is 5.32 Å². The maximum Gasteiger partial charge on any atom is 0.129 e. The molecule has 0 saturated heterocycles. The average molecular weight is 303 g/mol. The SMILES string of the molecule is Brc1ncccc1NCc1cnn2ccccc12. The smallest absolute Gasteiger partial charge is 0.129 e. The van der Waals surface area contributed by atoms with Gasteiger partial charge in [0.2, 0.25) is 0 Å². The molecule has 5 heteroatoms. The highest BCUT2D eigenvalue weighted by Gasteiger charge is 2.04. The Morgan fingerprint density at radius 3 is 3.06 bits per heavy atom. The van der Waals surface area contributed by atoms with E-state index in [4.69, 9.17) is 0 Å². The molecular weight excluding hydrogens is 292 g/mol. The minimum atomic E-state index is 0.720. The molecular formula is C13H11BrN4. The second-order valence-electron chi connectivity index (χ2n) is 3.90. The molecule has 0 bridgehead atoms. The predicted octanol–water partition coefficient (Wildman–Crippen LogP) is 3.10. The quantitative estimate of drug-likeness (QED) is 0.756. The molecule has 0 fully saturated rings. The predicted molar refractivity (Wildman–Crippen MR) is 74.5 cm³/mol. The van der Waals surface area contributed by atoms with Crippen LogP contribution >= 0.6 is 15.9 Å². The van der Waals surface area contributed by atoms with Crippen molar-refractivity contribution in [3.05, 3.63) is 59.1 Å². The fourth-order valence-electron chi connectivity index (χ4n) is 1.83. The first kappa shape index (κ1) is 11.2. The van der Waals surface area contributed by atoms with E-state index in [1.165, 1.54) is 0 Å². The molecule has 0 aliphatic rings. The Bertz CT molecular complexity index is 677. The number of anilines is 1. The van der Waals surface area contributed by atoms with Crippen LogP contribution in [0, 0.1) is 0 Å². The zero-order valence-corrected chi connectivity index (χ0v) is 11.1. The van der Waals surface area contributed by atoms with Crippen LogP contribution in [0.1, 0.15) is 5.56 Å². The zero-order chi connectivity index (χ0) is 12.4. The van der Waals surface area contributed by atoms with Crippen molar-refractivity contribution < 1.29 is 0 Å². The maximum atomic E-state index is 4.30. The van der Waals surface area contributed by atoms with E-state index in [0.29, 0.717) is 0 Å². The Kier molecular flexibility index (Phi) is 2.98. The first-order valence-corrected chi connectivity index (χ1v) is 6.39. The van der Waals surface area contributed by atoms with Gasteiger partial charge in [0.1, 0.15) is 4.60 Å². The summed E-state index contributed by atoms with van der Waals surface area (Å²) in [5, 5.41) is 7.65. The molecule has 3 aromatic rings. The fourth-order valence-corrected chi connectivity index (χ4v) is 2.22. The van der Waals surface area contributed by atoms with Gasteiger partial charge in [-0.1, -0.05) is 6.07 Å². The van der Waals surface area contributed by atoms with Crippen LogP contribution in [0.15, 0.2) is 53.5 Å². The minimum Gasteiger partial charge on any atom is -0.379 e. The molecule has 0 amide bonds. The third kappa shape index (κ3) is 2.09. The van der Waals surface area contributed by atoms with Crippen molar-refractivity contribution in [1.29, 1.82) is 0 Å². The maximum absolute atomic E-state index is 4.30. The van der Waals surface area contributed by atoms with Crippen LogP contribution in [-0.2, 0) is 6.54 Å². The van der Waals surface area contributed by atoms with Crippen LogP contribution in [0.25, 0.3) is 5.52 Å². The number of hydrogen-bond acceptors (Lipinski definition) is 3. The number of hydrogen-bond donors (Lipinski definition) is 1. The Morgan fingerprint density at radius 2 is 2.17 bits per heavy atom. The third-order valence-corrected chi connectivity index (χ3v) is 3.37. The first-order valence-electron chi connectivity index (χ1n) is 5.60. The average Bonchev–Trinajstić information content (AvgIpc) is 2.81. The third-order valence-electron chi connectivity index (χ3n) is 2.73. The summed E-state index contributed by atoms with van der Waals surface area (Å²) in [4.78, 5) is 4.17. The van der Waals surface area contributed by atoms with Crippen LogP contribution in [0.3, 0.4) is 0 Å². The molecule has 0 aliphatic carbocycles. The number of pyridine rings is 2. The fraction of sp³-hybridized carbons (Fsp3) is 0.0769. The molecule has 3 heterocycles. The van der Waals surface area contributed by atoms with Gasteiger partial charge in [0.15, 0.2) is 0 Å². The van der Waals surface area contributed by atoms with E-state index in [1.807, 2.05) is 41.2 Å². The van der Waals surface area contributed by atoms with Crippen LogP contribution in [0.5, 0.6) is 0 Å². The molecule has 4 nitrogen and oxygen atoms in total.